The quantitative estimate of drug-likeness (QED) is 0.818. The molecule has 1 aliphatic rings. The molecule has 5 heteroatoms. The van der Waals surface area contributed by atoms with Crippen LogP contribution in [0.15, 0.2) is 22.2 Å². The first kappa shape index (κ1) is 17.6. The van der Waals surface area contributed by atoms with E-state index in [-0.39, 0.29) is 11.3 Å². The van der Waals surface area contributed by atoms with Gasteiger partial charge in [-0.3, -0.25) is 4.79 Å². The van der Waals surface area contributed by atoms with E-state index in [9.17, 15) is 4.79 Å². The van der Waals surface area contributed by atoms with Crippen molar-refractivity contribution in [2.24, 2.45) is 11.3 Å². The molecule has 24 heavy (non-hydrogen) atoms. The van der Waals surface area contributed by atoms with Crippen molar-refractivity contribution < 1.29 is 4.79 Å². The lowest BCUT2D eigenvalue weighted by molar-refractivity contribution is -0.122. The predicted octanol–water partition coefficient (Wildman–Crippen LogP) is 5.14. The number of carbonyl (C=O) groups excluding carboxylic acids is 1. The van der Waals surface area contributed by atoms with Gasteiger partial charge < -0.3 is 5.32 Å². The van der Waals surface area contributed by atoms with Gasteiger partial charge in [0.1, 0.15) is 5.01 Å². The maximum atomic E-state index is 12.5. The summed E-state index contributed by atoms with van der Waals surface area (Å²) in [7, 11) is 0. The van der Waals surface area contributed by atoms with Crippen LogP contribution in [0, 0.1) is 11.3 Å². The minimum atomic E-state index is 0.110. The number of carbonyl (C=O) groups is 1. The highest BCUT2D eigenvalue weighted by atomic mass is 32.1. The smallest absolute Gasteiger partial charge is 0.226 e. The molecule has 0 aliphatic heterocycles. The second-order valence-corrected chi connectivity index (χ2v) is 9.40. The number of thiophene rings is 1. The fourth-order valence-electron chi connectivity index (χ4n) is 3.67. The summed E-state index contributed by atoms with van der Waals surface area (Å²) >= 11 is 3.29. The summed E-state index contributed by atoms with van der Waals surface area (Å²) < 4.78 is 0. The van der Waals surface area contributed by atoms with E-state index in [1.54, 1.807) is 22.7 Å². The minimum absolute atomic E-state index is 0.110. The van der Waals surface area contributed by atoms with Crippen LogP contribution in [0.3, 0.4) is 0 Å². The highest BCUT2D eigenvalue weighted by Gasteiger charge is 2.34. The van der Waals surface area contributed by atoms with Gasteiger partial charge in [0.05, 0.1) is 12.1 Å². The van der Waals surface area contributed by atoms with Crippen LogP contribution in [0.4, 0.5) is 0 Å². The van der Waals surface area contributed by atoms with Crippen LogP contribution >= 0.6 is 22.7 Å². The van der Waals surface area contributed by atoms with Gasteiger partial charge in [0, 0.05) is 22.4 Å². The fourth-order valence-corrected chi connectivity index (χ4v) is 5.20. The summed E-state index contributed by atoms with van der Waals surface area (Å²) in [5, 5.41) is 10.5. The molecule has 3 rings (SSSR count). The van der Waals surface area contributed by atoms with Crippen LogP contribution in [-0.4, -0.2) is 16.9 Å². The average Bonchev–Trinajstić information content (AvgIpc) is 3.17. The van der Waals surface area contributed by atoms with E-state index < -0.39 is 0 Å². The molecule has 3 nitrogen and oxygen atoms in total. The van der Waals surface area contributed by atoms with E-state index in [0.29, 0.717) is 18.4 Å². The molecule has 0 bridgehead atoms. The molecule has 0 spiro atoms. The lowest BCUT2D eigenvalue weighted by atomic mass is 9.69. The third kappa shape index (κ3) is 4.25. The number of amides is 1. The third-order valence-corrected chi connectivity index (χ3v) is 6.51. The Morgan fingerprint density at radius 3 is 2.79 bits per heavy atom. The molecule has 0 aromatic carbocycles. The van der Waals surface area contributed by atoms with Crippen molar-refractivity contribution in [1.29, 1.82) is 0 Å². The van der Waals surface area contributed by atoms with Crippen molar-refractivity contribution >= 4 is 28.6 Å². The number of hydrogen-bond donors (Lipinski definition) is 1. The second kappa shape index (κ2) is 7.36. The maximum Gasteiger partial charge on any atom is 0.226 e. The molecule has 2 atom stereocenters. The van der Waals surface area contributed by atoms with Crippen LogP contribution in [0.5, 0.6) is 0 Å². The molecule has 2 unspecified atom stereocenters. The zero-order valence-electron chi connectivity index (χ0n) is 14.7. The van der Waals surface area contributed by atoms with Gasteiger partial charge in [0.15, 0.2) is 0 Å². The van der Waals surface area contributed by atoms with E-state index in [1.165, 1.54) is 19.3 Å². The van der Waals surface area contributed by atoms with Crippen molar-refractivity contribution in [3.05, 3.63) is 27.9 Å². The standard InChI is InChI=1S/C19H26N2OS2/c1-19(2,3)15-6-4-5-7-16(15)21-17(22)10-14-12-24-18(20-14)13-8-9-23-11-13/h8-9,11-12,15-16H,4-7,10H2,1-3H3,(H,21,22). The molecular formula is C19H26N2OS2. The Hall–Kier alpha value is -1.20. The van der Waals surface area contributed by atoms with Crippen molar-refractivity contribution in [3.8, 4) is 10.6 Å². The minimum Gasteiger partial charge on any atom is -0.353 e. The van der Waals surface area contributed by atoms with Gasteiger partial charge in [-0.25, -0.2) is 4.98 Å². The lowest BCUT2D eigenvalue weighted by Crippen LogP contribution is -2.47. The summed E-state index contributed by atoms with van der Waals surface area (Å²) in [5.74, 6) is 0.672. The Labute approximate surface area is 152 Å². The zero-order valence-corrected chi connectivity index (χ0v) is 16.3. The van der Waals surface area contributed by atoms with E-state index >= 15 is 0 Å². The summed E-state index contributed by atoms with van der Waals surface area (Å²) in [6.45, 7) is 6.86. The monoisotopic (exact) mass is 362 g/mol. The van der Waals surface area contributed by atoms with Gasteiger partial charge in [-0.15, -0.1) is 11.3 Å². The largest absolute Gasteiger partial charge is 0.353 e. The molecule has 2 aromatic rings. The Balaban J connectivity index is 1.61. The van der Waals surface area contributed by atoms with Gasteiger partial charge in [-0.1, -0.05) is 33.6 Å². The van der Waals surface area contributed by atoms with Crippen LogP contribution in [-0.2, 0) is 11.2 Å². The van der Waals surface area contributed by atoms with Gasteiger partial charge in [-0.05, 0) is 35.6 Å². The van der Waals surface area contributed by atoms with Gasteiger partial charge >= 0.3 is 0 Å². The highest BCUT2D eigenvalue weighted by molar-refractivity contribution is 7.14. The third-order valence-electron chi connectivity index (χ3n) is 4.89. The number of thiazole rings is 1. The van der Waals surface area contributed by atoms with E-state index in [0.717, 1.165) is 22.7 Å². The van der Waals surface area contributed by atoms with Gasteiger partial charge in [0.2, 0.25) is 5.91 Å². The average molecular weight is 363 g/mol. The lowest BCUT2D eigenvalue weighted by Gasteiger charge is -2.40. The van der Waals surface area contributed by atoms with Crippen LogP contribution < -0.4 is 5.32 Å². The zero-order chi connectivity index (χ0) is 17.2. The summed E-state index contributed by atoms with van der Waals surface area (Å²) in [6.07, 6.45) is 5.20. The molecule has 130 valence electrons. The molecule has 1 fully saturated rings. The molecule has 1 N–H and O–H groups in total. The van der Waals surface area contributed by atoms with Crippen LogP contribution in [0.25, 0.3) is 10.6 Å². The Bertz CT molecular complexity index is 670. The summed E-state index contributed by atoms with van der Waals surface area (Å²) in [6, 6.07) is 2.38. The predicted molar refractivity (Wildman–Crippen MR) is 102 cm³/mol. The van der Waals surface area contributed by atoms with Crippen molar-refractivity contribution in [2.75, 3.05) is 0 Å². The Morgan fingerprint density at radius 2 is 2.08 bits per heavy atom. The Morgan fingerprint density at radius 1 is 1.29 bits per heavy atom. The Kier molecular flexibility index (Phi) is 5.40. The van der Waals surface area contributed by atoms with Crippen molar-refractivity contribution in [3.63, 3.8) is 0 Å². The molecule has 0 radical (unpaired) electrons. The first-order valence-corrected chi connectivity index (χ1v) is 10.5. The molecular weight excluding hydrogens is 336 g/mol. The van der Waals surface area contributed by atoms with Gasteiger partial charge in [0.25, 0.3) is 0 Å². The molecule has 1 amide bonds. The van der Waals surface area contributed by atoms with E-state index in [4.69, 9.17) is 0 Å². The summed E-state index contributed by atoms with van der Waals surface area (Å²) in [4.78, 5) is 17.1. The number of nitrogens with one attached hydrogen (secondary N) is 1. The summed E-state index contributed by atoms with van der Waals surface area (Å²) in [5.41, 5.74) is 2.27. The van der Waals surface area contributed by atoms with Gasteiger partial charge in [-0.2, -0.15) is 11.3 Å². The number of rotatable bonds is 4. The molecule has 2 heterocycles. The van der Waals surface area contributed by atoms with Crippen molar-refractivity contribution in [2.45, 2.75) is 58.9 Å². The second-order valence-electron chi connectivity index (χ2n) is 7.76. The van der Waals surface area contributed by atoms with E-state index in [1.807, 2.05) is 5.38 Å². The highest BCUT2D eigenvalue weighted by Crippen LogP contribution is 2.38. The molecule has 1 saturated carbocycles. The molecule has 1 aliphatic carbocycles. The normalized spacial score (nSPS) is 21.6. The maximum absolute atomic E-state index is 12.5. The fraction of sp³-hybridized carbons (Fsp3) is 0.579. The molecule has 0 saturated heterocycles. The van der Waals surface area contributed by atoms with Crippen LogP contribution in [0.2, 0.25) is 0 Å². The first-order valence-electron chi connectivity index (χ1n) is 8.70. The number of nitrogens with zero attached hydrogens (tertiary/aromatic N) is 1. The van der Waals surface area contributed by atoms with Crippen LogP contribution in [0.1, 0.15) is 52.1 Å². The first-order chi connectivity index (χ1) is 11.4. The van der Waals surface area contributed by atoms with E-state index in [2.05, 4.69) is 47.9 Å². The van der Waals surface area contributed by atoms with Crippen molar-refractivity contribution in [1.82, 2.24) is 10.3 Å². The molecule has 2 aromatic heterocycles. The number of hydrogen-bond acceptors (Lipinski definition) is 4. The SMILES string of the molecule is CC(C)(C)C1CCCCC1NC(=O)Cc1csc(-c2ccsc2)n1. The number of aromatic nitrogens is 1. The topological polar surface area (TPSA) is 42.0 Å².